The Labute approximate surface area is 125 Å². The van der Waals surface area contributed by atoms with E-state index in [1.807, 2.05) is 18.2 Å². The van der Waals surface area contributed by atoms with E-state index in [2.05, 4.69) is 35.4 Å². The predicted molar refractivity (Wildman–Crippen MR) is 88.5 cm³/mol. The van der Waals surface area contributed by atoms with Gasteiger partial charge in [0.2, 0.25) is 5.96 Å². The Morgan fingerprint density at radius 3 is 2.33 bits per heavy atom. The summed E-state index contributed by atoms with van der Waals surface area (Å²) in [5, 5.41) is 17.4. The molecule has 0 atom stereocenters. The molecular weight excluding hydrogens is 284 g/mol. The minimum absolute atomic E-state index is 0.0127. The zero-order chi connectivity index (χ0) is 15.9. The van der Waals surface area contributed by atoms with E-state index in [4.69, 9.17) is 16.6 Å². The third-order valence-corrected chi connectivity index (χ3v) is 6.80. The smallest absolute Gasteiger partial charge is 0.352 e. The SMILES string of the molecule is C[Si](C)(CCC/C(=N/N=C(N)N)C(=O)O)c1ccccc1. The molecule has 1 rings (SSSR count). The highest BCUT2D eigenvalue weighted by atomic mass is 28.3. The van der Waals surface area contributed by atoms with Gasteiger partial charge in [0.1, 0.15) is 5.71 Å². The van der Waals surface area contributed by atoms with Crippen LogP contribution in [0.1, 0.15) is 12.8 Å². The molecule has 0 amide bonds. The number of rotatable bonds is 7. The van der Waals surface area contributed by atoms with Gasteiger partial charge in [0, 0.05) is 0 Å². The Hall–Kier alpha value is -2.15. The molecule has 0 saturated heterocycles. The van der Waals surface area contributed by atoms with Gasteiger partial charge in [-0.3, -0.25) is 0 Å². The van der Waals surface area contributed by atoms with Crippen LogP contribution in [0.25, 0.3) is 0 Å². The average molecular weight is 306 g/mol. The molecule has 1 aromatic carbocycles. The molecule has 0 saturated carbocycles. The number of hydrogen-bond donors (Lipinski definition) is 3. The Balaban J connectivity index is 2.64. The molecule has 114 valence electrons. The van der Waals surface area contributed by atoms with Crippen molar-refractivity contribution in [3.63, 3.8) is 0 Å². The molecule has 0 radical (unpaired) electrons. The lowest BCUT2D eigenvalue weighted by Crippen LogP contribution is -2.41. The maximum atomic E-state index is 11.1. The number of carboxylic acid groups (broad SMARTS) is 1. The molecule has 21 heavy (non-hydrogen) atoms. The van der Waals surface area contributed by atoms with E-state index in [-0.39, 0.29) is 11.7 Å². The van der Waals surface area contributed by atoms with Crippen molar-refractivity contribution in [1.29, 1.82) is 0 Å². The number of carboxylic acids is 1. The Kier molecular flexibility index (Phi) is 6.10. The molecule has 5 N–H and O–H groups in total. The summed E-state index contributed by atoms with van der Waals surface area (Å²) in [7, 11) is -1.56. The summed E-state index contributed by atoms with van der Waals surface area (Å²) in [4.78, 5) is 11.1. The molecule has 0 spiro atoms. The average Bonchev–Trinajstić information content (AvgIpc) is 2.42. The van der Waals surface area contributed by atoms with E-state index < -0.39 is 14.0 Å². The second kappa shape index (κ2) is 7.58. The van der Waals surface area contributed by atoms with Gasteiger partial charge in [-0.15, -0.1) is 10.2 Å². The van der Waals surface area contributed by atoms with Crippen molar-refractivity contribution >= 4 is 30.9 Å². The summed E-state index contributed by atoms with van der Waals surface area (Å²) >= 11 is 0. The predicted octanol–water partition coefficient (Wildman–Crippen LogP) is 1.10. The maximum absolute atomic E-state index is 11.1. The van der Waals surface area contributed by atoms with Gasteiger partial charge >= 0.3 is 5.97 Å². The molecule has 0 heterocycles. The van der Waals surface area contributed by atoms with Gasteiger partial charge in [-0.05, 0) is 12.8 Å². The first kappa shape index (κ1) is 16.9. The van der Waals surface area contributed by atoms with Gasteiger partial charge in [-0.2, -0.15) is 0 Å². The van der Waals surface area contributed by atoms with Crippen LogP contribution >= 0.6 is 0 Å². The fourth-order valence-electron chi connectivity index (χ4n) is 2.05. The van der Waals surface area contributed by atoms with E-state index in [9.17, 15) is 4.79 Å². The number of hydrogen-bond acceptors (Lipinski definition) is 3. The standard InChI is InChI=1S/C14H22N4O2Si/c1-21(2,11-7-4-3-5-8-11)10-6-9-12(13(19)20)17-18-14(15)16/h3-5,7-8H,6,9-10H2,1-2H3,(H,19,20)(H4,15,16,18)/b17-12-. The van der Waals surface area contributed by atoms with Crippen LogP contribution in [-0.4, -0.2) is 30.8 Å². The van der Waals surface area contributed by atoms with Crippen LogP contribution in [0.3, 0.4) is 0 Å². The molecule has 7 heteroatoms. The Morgan fingerprint density at radius 2 is 1.81 bits per heavy atom. The second-order valence-corrected chi connectivity index (χ2v) is 10.3. The van der Waals surface area contributed by atoms with Gasteiger partial charge in [0.25, 0.3) is 0 Å². The molecule has 0 fully saturated rings. The molecule has 6 nitrogen and oxygen atoms in total. The zero-order valence-corrected chi connectivity index (χ0v) is 13.4. The van der Waals surface area contributed by atoms with Gasteiger partial charge in [0.05, 0.1) is 8.07 Å². The van der Waals surface area contributed by atoms with Crippen molar-refractivity contribution in [2.75, 3.05) is 0 Å². The van der Waals surface area contributed by atoms with Crippen LogP contribution < -0.4 is 16.7 Å². The van der Waals surface area contributed by atoms with E-state index in [1.165, 1.54) is 5.19 Å². The van der Waals surface area contributed by atoms with Crippen LogP contribution in [0, 0.1) is 0 Å². The summed E-state index contributed by atoms with van der Waals surface area (Å²) in [5.74, 6) is -1.33. The van der Waals surface area contributed by atoms with Crippen molar-refractivity contribution < 1.29 is 9.90 Å². The minimum atomic E-state index is -1.56. The zero-order valence-electron chi connectivity index (χ0n) is 12.4. The number of aliphatic carboxylic acids is 1. The van der Waals surface area contributed by atoms with E-state index in [0.717, 1.165) is 12.5 Å². The quantitative estimate of drug-likeness (QED) is 0.303. The molecule has 0 aliphatic carbocycles. The highest BCUT2D eigenvalue weighted by molar-refractivity contribution is 6.89. The largest absolute Gasteiger partial charge is 0.477 e. The minimum Gasteiger partial charge on any atom is -0.477 e. The van der Waals surface area contributed by atoms with Crippen molar-refractivity contribution in [2.45, 2.75) is 32.0 Å². The lowest BCUT2D eigenvalue weighted by atomic mass is 10.2. The summed E-state index contributed by atoms with van der Waals surface area (Å²) in [5.41, 5.74) is 10.3. The number of nitrogens with zero attached hydrogens (tertiary/aromatic N) is 2. The summed E-state index contributed by atoms with van der Waals surface area (Å²) < 4.78 is 0. The summed E-state index contributed by atoms with van der Waals surface area (Å²) in [6.07, 6.45) is 1.11. The van der Waals surface area contributed by atoms with Gasteiger partial charge < -0.3 is 16.6 Å². The van der Waals surface area contributed by atoms with E-state index in [0.29, 0.717) is 6.42 Å². The van der Waals surface area contributed by atoms with E-state index >= 15 is 0 Å². The third kappa shape index (κ3) is 5.78. The highest BCUT2D eigenvalue weighted by Crippen LogP contribution is 2.14. The molecule has 0 aliphatic rings. The van der Waals surface area contributed by atoms with Gasteiger partial charge in [-0.1, -0.05) is 54.7 Å². The molecule has 0 aromatic heterocycles. The molecule has 0 aliphatic heterocycles. The van der Waals surface area contributed by atoms with Crippen molar-refractivity contribution in [1.82, 2.24) is 0 Å². The van der Waals surface area contributed by atoms with Crippen LogP contribution in [0.4, 0.5) is 0 Å². The molecule has 0 unspecified atom stereocenters. The van der Waals surface area contributed by atoms with Crippen molar-refractivity contribution in [3.8, 4) is 0 Å². The van der Waals surface area contributed by atoms with Crippen LogP contribution in [0.5, 0.6) is 0 Å². The fraction of sp³-hybridized carbons (Fsp3) is 0.357. The molecular formula is C14H22N4O2Si. The van der Waals surface area contributed by atoms with E-state index in [1.54, 1.807) is 0 Å². The lowest BCUT2D eigenvalue weighted by molar-refractivity contribution is -0.129. The summed E-state index contributed by atoms with van der Waals surface area (Å²) in [6, 6.07) is 11.3. The molecule has 0 bridgehead atoms. The fourth-order valence-corrected chi connectivity index (χ4v) is 4.49. The normalized spacial score (nSPS) is 12.0. The Morgan fingerprint density at radius 1 is 1.19 bits per heavy atom. The van der Waals surface area contributed by atoms with Gasteiger partial charge in [0.15, 0.2) is 0 Å². The van der Waals surface area contributed by atoms with Gasteiger partial charge in [-0.25, -0.2) is 4.79 Å². The topological polar surface area (TPSA) is 114 Å². The highest BCUT2D eigenvalue weighted by Gasteiger charge is 2.23. The first-order valence-corrected chi connectivity index (χ1v) is 9.98. The third-order valence-electron chi connectivity index (χ3n) is 3.30. The van der Waals surface area contributed by atoms with Crippen LogP contribution in [0.2, 0.25) is 19.1 Å². The number of guanidine groups is 1. The van der Waals surface area contributed by atoms with Crippen molar-refractivity contribution in [2.24, 2.45) is 21.7 Å². The van der Waals surface area contributed by atoms with Crippen LogP contribution in [0.15, 0.2) is 40.5 Å². The number of carbonyl (C=O) groups is 1. The first-order valence-electron chi connectivity index (χ1n) is 6.77. The Bertz CT molecular complexity index is 537. The molecule has 1 aromatic rings. The maximum Gasteiger partial charge on any atom is 0.352 e. The number of nitrogens with two attached hydrogens (primary N) is 2. The monoisotopic (exact) mass is 306 g/mol. The lowest BCUT2D eigenvalue weighted by Gasteiger charge is -2.22. The summed E-state index contributed by atoms with van der Waals surface area (Å²) in [6.45, 7) is 4.55. The number of benzene rings is 1. The van der Waals surface area contributed by atoms with Crippen molar-refractivity contribution in [3.05, 3.63) is 30.3 Å². The van der Waals surface area contributed by atoms with Crippen LogP contribution in [-0.2, 0) is 4.79 Å². The first-order chi connectivity index (χ1) is 9.83. The second-order valence-electron chi connectivity index (χ2n) is 5.48.